The van der Waals surface area contributed by atoms with Crippen molar-refractivity contribution >= 4 is 11.6 Å². The number of fused-ring (bicyclic) bond motifs is 1. The summed E-state index contributed by atoms with van der Waals surface area (Å²) in [5.74, 6) is 1.84. The van der Waals surface area contributed by atoms with E-state index < -0.39 is 0 Å². The van der Waals surface area contributed by atoms with E-state index in [1.807, 2.05) is 12.1 Å². The molecule has 3 rings (SSSR count). The fraction of sp³-hybridized carbons (Fsp3) is 0.444. The summed E-state index contributed by atoms with van der Waals surface area (Å²) >= 11 is 6.69. The van der Waals surface area contributed by atoms with Crippen molar-refractivity contribution in [2.75, 3.05) is 0 Å². The molecule has 0 saturated carbocycles. The maximum Gasteiger partial charge on any atom is 0.126 e. The van der Waals surface area contributed by atoms with E-state index in [-0.39, 0.29) is 11.0 Å². The number of halogens is 1. The first kappa shape index (κ1) is 14.5. The highest BCUT2D eigenvalue weighted by molar-refractivity contribution is 6.22. The van der Waals surface area contributed by atoms with E-state index in [0.717, 1.165) is 23.5 Å². The fourth-order valence-electron chi connectivity index (χ4n) is 3.26. The van der Waals surface area contributed by atoms with E-state index in [0.29, 0.717) is 0 Å². The van der Waals surface area contributed by atoms with Crippen molar-refractivity contribution in [3.8, 4) is 5.75 Å². The van der Waals surface area contributed by atoms with Crippen molar-refractivity contribution in [2.24, 2.45) is 0 Å². The Hall–Kier alpha value is -1.41. The minimum absolute atomic E-state index is 0.143. The Morgan fingerprint density at radius 2 is 1.86 bits per heavy atom. The SMILES string of the molecule is Cc1c(C)c(C(Cl)c2ccco2)c(C)c2c1OC(C)(C)C2. The Morgan fingerprint density at radius 1 is 1.14 bits per heavy atom. The van der Waals surface area contributed by atoms with Crippen molar-refractivity contribution < 1.29 is 9.15 Å². The highest BCUT2D eigenvalue weighted by Gasteiger charge is 2.35. The highest BCUT2D eigenvalue weighted by atomic mass is 35.5. The van der Waals surface area contributed by atoms with Gasteiger partial charge in [-0.2, -0.15) is 0 Å². The van der Waals surface area contributed by atoms with Crippen LogP contribution in [0.5, 0.6) is 5.75 Å². The largest absolute Gasteiger partial charge is 0.487 e. The molecule has 3 heteroatoms. The lowest BCUT2D eigenvalue weighted by Crippen LogP contribution is -2.24. The van der Waals surface area contributed by atoms with Gasteiger partial charge >= 0.3 is 0 Å². The third kappa shape index (κ3) is 2.26. The Labute approximate surface area is 131 Å². The first-order valence-electron chi connectivity index (χ1n) is 7.31. The van der Waals surface area contributed by atoms with Gasteiger partial charge in [-0.1, -0.05) is 0 Å². The van der Waals surface area contributed by atoms with Gasteiger partial charge in [0.15, 0.2) is 0 Å². The molecular formula is C18H21ClO2. The van der Waals surface area contributed by atoms with Crippen molar-refractivity contribution in [3.63, 3.8) is 0 Å². The van der Waals surface area contributed by atoms with Gasteiger partial charge in [-0.3, -0.25) is 0 Å². The second-order valence-electron chi connectivity index (χ2n) is 6.51. The standard InChI is InChI=1S/C18H21ClO2/c1-10-11(2)17-13(9-18(4,5)21-17)12(3)15(10)16(19)14-7-6-8-20-14/h6-8,16H,9H2,1-5H3. The summed E-state index contributed by atoms with van der Waals surface area (Å²) < 4.78 is 11.6. The molecule has 0 bridgehead atoms. The molecule has 1 atom stereocenters. The molecule has 1 unspecified atom stereocenters. The normalized spacial score (nSPS) is 17.4. The summed E-state index contributed by atoms with van der Waals surface area (Å²) in [5, 5.41) is -0.257. The maximum atomic E-state index is 6.69. The maximum absolute atomic E-state index is 6.69. The van der Waals surface area contributed by atoms with Crippen molar-refractivity contribution in [3.05, 3.63) is 52.0 Å². The van der Waals surface area contributed by atoms with Crippen molar-refractivity contribution in [1.29, 1.82) is 0 Å². The summed E-state index contributed by atoms with van der Waals surface area (Å²) in [7, 11) is 0. The molecule has 112 valence electrons. The lowest BCUT2D eigenvalue weighted by Gasteiger charge is -2.20. The van der Waals surface area contributed by atoms with Gasteiger partial charge in [0.1, 0.15) is 22.5 Å². The molecule has 0 saturated heterocycles. The Bertz CT molecular complexity index is 684. The van der Waals surface area contributed by atoms with Crippen LogP contribution in [-0.2, 0) is 6.42 Å². The average molecular weight is 305 g/mol. The van der Waals surface area contributed by atoms with Gasteiger partial charge in [-0.15, -0.1) is 11.6 Å². The Morgan fingerprint density at radius 3 is 2.48 bits per heavy atom. The zero-order chi connectivity index (χ0) is 15.4. The fourth-order valence-corrected chi connectivity index (χ4v) is 3.71. The van der Waals surface area contributed by atoms with Crippen LogP contribution < -0.4 is 4.74 Å². The van der Waals surface area contributed by atoms with Crippen LogP contribution in [0.4, 0.5) is 0 Å². The Kier molecular flexibility index (Phi) is 3.32. The minimum atomic E-state index is -0.257. The van der Waals surface area contributed by atoms with Crippen LogP contribution >= 0.6 is 11.6 Å². The van der Waals surface area contributed by atoms with E-state index in [4.69, 9.17) is 20.8 Å². The van der Waals surface area contributed by atoms with Crippen LogP contribution in [0.2, 0.25) is 0 Å². The first-order chi connectivity index (χ1) is 9.82. The molecule has 0 spiro atoms. The smallest absolute Gasteiger partial charge is 0.126 e. The molecule has 2 heterocycles. The summed E-state index contributed by atoms with van der Waals surface area (Å²) in [6.07, 6.45) is 2.59. The lowest BCUT2D eigenvalue weighted by atomic mass is 9.88. The summed E-state index contributed by atoms with van der Waals surface area (Å²) in [5.41, 5.74) is 5.92. The number of hydrogen-bond acceptors (Lipinski definition) is 2. The highest BCUT2D eigenvalue weighted by Crippen LogP contribution is 2.46. The van der Waals surface area contributed by atoms with Gasteiger partial charge in [0.2, 0.25) is 0 Å². The monoisotopic (exact) mass is 304 g/mol. The van der Waals surface area contributed by atoms with Crippen molar-refractivity contribution in [1.82, 2.24) is 0 Å². The van der Waals surface area contributed by atoms with Gasteiger partial charge in [-0.25, -0.2) is 0 Å². The number of ether oxygens (including phenoxy) is 1. The van der Waals surface area contributed by atoms with Gasteiger partial charge in [-0.05, 0) is 69.0 Å². The first-order valence-corrected chi connectivity index (χ1v) is 7.74. The predicted octanol–water partition coefficient (Wildman–Crippen LogP) is 5.25. The minimum Gasteiger partial charge on any atom is -0.487 e. The van der Waals surface area contributed by atoms with Gasteiger partial charge in [0, 0.05) is 12.0 Å². The Balaban J connectivity index is 2.18. The third-order valence-corrected chi connectivity index (χ3v) is 4.90. The van der Waals surface area contributed by atoms with Crippen LogP contribution in [0, 0.1) is 20.8 Å². The zero-order valence-corrected chi connectivity index (χ0v) is 14.0. The van der Waals surface area contributed by atoms with Crippen LogP contribution in [0.25, 0.3) is 0 Å². The summed E-state index contributed by atoms with van der Waals surface area (Å²) in [6.45, 7) is 10.6. The molecule has 1 aliphatic rings. The van der Waals surface area contributed by atoms with Gasteiger partial charge < -0.3 is 9.15 Å². The number of alkyl halides is 1. The molecule has 0 amide bonds. The van der Waals surface area contributed by atoms with Crippen LogP contribution in [0.1, 0.15) is 52.8 Å². The summed E-state index contributed by atoms with van der Waals surface area (Å²) in [4.78, 5) is 0. The molecular weight excluding hydrogens is 284 g/mol. The molecule has 0 aliphatic carbocycles. The molecule has 0 N–H and O–H groups in total. The molecule has 1 aliphatic heterocycles. The number of rotatable bonds is 2. The van der Waals surface area contributed by atoms with E-state index in [1.54, 1.807) is 6.26 Å². The van der Waals surface area contributed by atoms with Crippen LogP contribution in [0.3, 0.4) is 0 Å². The van der Waals surface area contributed by atoms with E-state index >= 15 is 0 Å². The van der Waals surface area contributed by atoms with E-state index in [2.05, 4.69) is 34.6 Å². The molecule has 21 heavy (non-hydrogen) atoms. The van der Waals surface area contributed by atoms with Crippen LogP contribution in [-0.4, -0.2) is 5.60 Å². The van der Waals surface area contributed by atoms with Crippen LogP contribution in [0.15, 0.2) is 22.8 Å². The lowest BCUT2D eigenvalue weighted by molar-refractivity contribution is 0.137. The number of hydrogen-bond donors (Lipinski definition) is 0. The van der Waals surface area contributed by atoms with E-state index in [1.165, 1.54) is 22.3 Å². The third-order valence-electron chi connectivity index (χ3n) is 4.47. The van der Waals surface area contributed by atoms with E-state index in [9.17, 15) is 0 Å². The zero-order valence-electron chi connectivity index (χ0n) is 13.2. The second-order valence-corrected chi connectivity index (χ2v) is 6.95. The molecule has 0 fully saturated rings. The average Bonchev–Trinajstić information content (AvgIpc) is 3.03. The number of furan rings is 1. The van der Waals surface area contributed by atoms with Gasteiger partial charge in [0.25, 0.3) is 0 Å². The molecule has 2 aromatic rings. The topological polar surface area (TPSA) is 22.4 Å². The molecule has 1 aromatic carbocycles. The quantitative estimate of drug-likeness (QED) is 0.707. The summed E-state index contributed by atoms with van der Waals surface area (Å²) in [6, 6.07) is 3.81. The second kappa shape index (κ2) is 4.81. The van der Waals surface area contributed by atoms with Gasteiger partial charge in [0.05, 0.1) is 6.26 Å². The van der Waals surface area contributed by atoms with Crippen molar-refractivity contribution in [2.45, 2.75) is 52.0 Å². The molecule has 0 radical (unpaired) electrons. The molecule has 2 nitrogen and oxygen atoms in total. The number of benzene rings is 1. The predicted molar refractivity (Wildman–Crippen MR) is 85.5 cm³/mol. The molecule has 1 aromatic heterocycles.